The highest BCUT2D eigenvalue weighted by Crippen LogP contribution is 2.12. The van der Waals surface area contributed by atoms with Gasteiger partial charge in [-0.25, -0.2) is 0 Å². The summed E-state index contributed by atoms with van der Waals surface area (Å²) in [7, 11) is 0. The first-order valence-electron chi connectivity index (χ1n) is 5.75. The Morgan fingerprint density at radius 2 is 1.67 bits per heavy atom. The third-order valence-electron chi connectivity index (χ3n) is 2.55. The normalized spacial score (nSPS) is 10.3. The lowest BCUT2D eigenvalue weighted by atomic mass is 10.0. The Morgan fingerprint density at radius 1 is 1.07 bits per heavy atom. The number of Topliss-reactive ketones (excluding diaryl/α,β-unsaturated/α-hetero) is 1. The first-order valence-corrected chi connectivity index (χ1v) is 5.75. The maximum absolute atomic E-state index is 11.8. The Bertz CT molecular complexity index is 319. The molecule has 0 saturated heterocycles. The van der Waals surface area contributed by atoms with Crippen molar-refractivity contribution in [3.63, 3.8) is 0 Å². The van der Waals surface area contributed by atoms with E-state index in [1.807, 2.05) is 26.0 Å². The summed E-state index contributed by atoms with van der Waals surface area (Å²) in [5, 5.41) is 0. The lowest BCUT2D eigenvalue weighted by Crippen LogP contribution is -2.00. The summed E-state index contributed by atoms with van der Waals surface area (Å²) in [6.45, 7) is 6.23. The molecular formula is C14H20O. The van der Waals surface area contributed by atoms with Crippen LogP contribution in [0.4, 0.5) is 0 Å². The molecule has 0 spiro atoms. The molecule has 0 radical (unpaired) electrons. The van der Waals surface area contributed by atoms with Crippen LogP contribution in [-0.4, -0.2) is 5.78 Å². The first kappa shape index (κ1) is 12.0. The van der Waals surface area contributed by atoms with E-state index in [4.69, 9.17) is 0 Å². The smallest absolute Gasteiger partial charge is 0.162 e. The molecule has 0 unspecified atom stereocenters. The molecule has 0 bridgehead atoms. The molecule has 0 N–H and O–H groups in total. The van der Waals surface area contributed by atoms with E-state index < -0.39 is 0 Å². The molecule has 1 aromatic rings. The second kappa shape index (κ2) is 5.69. The SMILES string of the molecule is CCCCCC(=O)c1cc(C)cc(C)c1. The highest BCUT2D eigenvalue weighted by molar-refractivity contribution is 5.96. The largest absolute Gasteiger partial charge is 0.294 e. The minimum absolute atomic E-state index is 0.287. The van der Waals surface area contributed by atoms with Crippen LogP contribution in [0.3, 0.4) is 0 Å². The Labute approximate surface area is 92.5 Å². The second-order valence-corrected chi connectivity index (χ2v) is 4.26. The summed E-state index contributed by atoms with van der Waals surface area (Å²) in [4.78, 5) is 11.8. The van der Waals surface area contributed by atoms with Crippen LogP contribution < -0.4 is 0 Å². The number of aryl methyl sites for hydroxylation is 2. The Balaban J connectivity index is 2.65. The zero-order valence-electron chi connectivity index (χ0n) is 9.97. The van der Waals surface area contributed by atoms with Crippen LogP contribution in [0.1, 0.15) is 54.1 Å². The fourth-order valence-electron chi connectivity index (χ4n) is 1.82. The molecular weight excluding hydrogens is 184 g/mol. The number of unbranched alkanes of at least 4 members (excludes halogenated alkanes) is 2. The van der Waals surface area contributed by atoms with Crippen LogP contribution in [0, 0.1) is 13.8 Å². The number of carbonyl (C=O) groups excluding carboxylic acids is 1. The molecule has 0 saturated carbocycles. The third kappa shape index (κ3) is 3.86. The van der Waals surface area contributed by atoms with Crippen LogP contribution in [0.25, 0.3) is 0 Å². The second-order valence-electron chi connectivity index (χ2n) is 4.26. The fourth-order valence-corrected chi connectivity index (χ4v) is 1.82. The van der Waals surface area contributed by atoms with Crippen molar-refractivity contribution in [1.82, 2.24) is 0 Å². The van der Waals surface area contributed by atoms with E-state index in [1.54, 1.807) is 0 Å². The maximum atomic E-state index is 11.8. The van der Waals surface area contributed by atoms with E-state index in [2.05, 4.69) is 13.0 Å². The zero-order chi connectivity index (χ0) is 11.3. The van der Waals surface area contributed by atoms with Crippen LogP contribution in [-0.2, 0) is 0 Å². The average Bonchev–Trinajstić information content (AvgIpc) is 2.16. The Morgan fingerprint density at radius 3 is 2.20 bits per heavy atom. The fraction of sp³-hybridized carbons (Fsp3) is 0.500. The van der Waals surface area contributed by atoms with Crippen LogP contribution >= 0.6 is 0 Å². The molecule has 0 fully saturated rings. The van der Waals surface area contributed by atoms with Crippen molar-refractivity contribution in [1.29, 1.82) is 0 Å². The summed E-state index contributed by atoms with van der Waals surface area (Å²) in [6, 6.07) is 6.07. The monoisotopic (exact) mass is 204 g/mol. The van der Waals surface area contributed by atoms with Gasteiger partial charge in [-0.15, -0.1) is 0 Å². The van der Waals surface area contributed by atoms with Crippen molar-refractivity contribution in [3.8, 4) is 0 Å². The van der Waals surface area contributed by atoms with Crippen molar-refractivity contribution in [2.24, 2.45) is 0 Å². The molecule has 1 rings (SSSR count). The average molecular weight is 204 g/mol. The molecule has 1 heteroatoms. The summed E-state index contributed by atoms with van der Waals surface area (Å²) in [6.07, 6.45) is 4.02. The van der Waals surface area contributed by atoms with Gasteiger partial charge in [0.25, 0.3) is 0 Å². The summed E-state index contributed by atoms with van der Waals surface area (Å²) in [5.74, 6) is 0.287. The Kier molecular flexibility index (Phi) is 4.54. The molecule has 0 aliphatic heterocycles. The standard InChI is InChI=1S/C14H20O/c1-4-5-6-7-14(15)13-9-11(2)8-12(3)10-13/h8-10H,4-7H2,1-3H3. The van der Waals surface area contributed by atoms with Gasteiger partial charge in [0.1, 0.15) is 0 Å². The van der Waals surface area contributed by atoms with Crippen LogP contribution in [0.2, 0.25) is 0 Å². The molecule has 0 aliphatic carbocycles. The minimum atomic E-state index is 0.287. The van der Waals surface area contributed by atoms with E-state index in [9.17, 15) is 4.79 Å². The zero-order valence-corrected chi connectivity index (χ0v) is 9.97. The van der Waals surface area contributed by atoms with Gasteiger partial charge in [0.15, 0.2) is 5.78 Å². The van der Waals surface area contributed by atoms with Gasteiger partial charge in [0.05, 0.1) is 0 Å². The number of hydrogen-bond donors (Lipinski definition) is 0. The molecule has 0 aliphatic rings. The maximum Gasteiger partial charge on any atom is 0.162 e. The predicted octanol–water partition coefficient (Wildman–Crippen LogP) is 4.07. The summed E-state index contributed by atoms with van der Waals surface area (Å²) >= 11 is 0. The van der Waals surface area contributed by atoms with Crippen molar-refractivity contribution >= 4 is 5.78 Å². The molecule has 1 nitrogen and oxygen atoms in total. The van der Waals surface area contributed by atoms with Crippen molar-refractivity contribution in [2.75, 3.05) is 0 Å². The van der Waals surface area contributed by atoms with E-state index in [0.29, 0.717) is 6.42 Å². The van der Waals surface area contributed by atoms with Gasteiger partial charge < -0.3 is 0 Å². The summed E-state index contributed by atoms with van der Waals surface area (Å²) < 4.78 is 0. The van der Waals surface area contributed by atoms with Crippen molar-refractivity contribution < 1.29 is 4.79 Å². The first-order chi connectivity index (χ1) is 7.13. The highest BCUT2D eigenvalue weighted by Gasteiger charge is 2.05. The molecule has 82 valence electrons. The Hall–Kier alpha value is -1.11. The highest BCUT2D eigenvalue weighted by atomic mass is 16.1. The summed E-state index contributed by atoms with van der Waals surface area (Å²) in [5.41, 5.74) is 3.23. The number of rotatable bonds is 5. The predicted molar refractivity (Wildman–Crippen MR) is 64.4 cm³/mol. The van der Waals surface area contributed by atoms with E-state index >= 15 is 0 Å². The van der Waals surface area contributed by atoms with Gasteiger partial charge in [-0.2, -0.15) is 0 Å². The van der Waals surface area contributed by atoms with E-state index in [-0.39, 0.29) is 5.78 Å². The molecule has 0 aromatic heterocycles. The number of ketones is 1. The molecule has 0 heterocycles. The quantitative estimate of drug-likeness (QED) is 0.522. The number of hydrogen-bond acceptors (Lipinski definition) is 1. The van der Waals surface area contributed by atoms with Crippen molar-refractivity contribution in [3.05, 3.63) is 34.9 Å². The van der Waals surface area contributed by atoms with Gasteiger partial charge >= 0.3 is 0 Å². The lowest BCUT2D eigenvalue weighted by molar-refractivity contribution is 0.0979. The van der Waals surface area contributed by atoms with Gasteiger partial charge in [-0.3, -0.25) is 4.79 Å². The molecule has 0 amide bonds. The molecule has 1 aromatic carbocycles. The van der Waals surface area contributed by atoms with E-state index in [0.717, 1.165) is 18.4 Å². The van der Waals surface area contributed by atoms with Crippen LogP contribution in [0.5, 0.6) is 0 Å². The van der Waals surface area contributed by atoms with Gasteiger partial charge in [0, 0.05) is 12.0 Å². The lowest BCUT2D eigenvalue weighted by Gasteiger charge is -2.03. The van der Waals surface area contributed by atoms with Gasteiger partial charge in [0.2, 0.25) is 0 Å². The topological polar surface area (TPSA) is 17.1 Å². The van der Waals surface area contributed by atoms with Crippen LogP contribution in [0.15, 0.2) is 18.2 Å². The number of carbonyl (C=O) groups is 1. The van der Waals surface area contributed by atoms with Gasteiger partial charge in [-0.05, 0) is 32.4 Å². The minimum Gasteiger partial charge on any atom is -0.294 e. The van der Waals surface area contributed by atoms with Crippen molar-refractivity contribution in [2.45, 2.75) is 46.5 Å². The molecule has 15 heavy (non-hydrogen) atoms. The number of benzene rings is 1. The molecule has 0 atom stereocenters. The van der Waals surface area contributed by atoms with Gasteiger partial charge in [-0.1, -0.05) is 37.0 Å². The van der Waals surface area contributed by atoms with E-state index in [1.165, 1.54) is 17.5 Å². The third-order valence-corrected chi connectivity index (χ3v) is 2.55.